The van der Waals surface area contributed by atoms with Crippen molar-refractivity contribution in [2.24, 2.45) is 0 Å². The number of rotatable bonds is 21. The molecule has 2 aliphatic rings. The van der Waals surface area contributed by atoms with Gasteiger partial charge in [-0.05, 0) is 55.7 Å². The number of anilines is 1. The van der Waals surface area contributed by atoms with E-state index in [1.54, 1.807) is 24.5 Å². The van der Waals surface area contributed by atoms with Crippen LogP contribution in [-0.4, -0.2) is 104 Å². The van der Waals surface area contributed by atoms with Crippen LogP contribution in [0.25, 0.3) is 10.9 Å². The molecule has 2 aliphatic heterocycles. The van der Waals surface area contributed by atoms with Gasteiger partial charge in [-0.25, -0.2) is 12.8 Å². The predicted molar refractivity (Wildman–Crippen MR) is 213 cm³/mol. The van der Waals surface area contributed by atoms with Gasteiger partial charge in [0.1, 0.15) is 4.90 Å². The van der Waals surface area contributed by atoms with Gasteiger partial charge in [0.15, 0.2) is 11.6 Å². The Balaban J connectivity index is 1.23. The van der Waals surface area contributed by atoms with Crippen LogP contribution in [-0.2, 0) is 20.6 Å². The number of halogens is 1. The Hall–Kier alpha value is -2.64. The number of pyridine rings is 1. The highest BCUT2D eigenvalue weighted by atomic mass is 32.2. The van der Waals surface area contributed by atoms with Gasteiger partial charge in [-0.3, -0.25) is 19.0 Å². The minimum absolute atomic E-state index is 0.0182. The van der Waals surface area contributed by atoms with E-state index >= 15 is 4.39 Å². The molecule has 1 aromatic heterocycles. The minimum atomic E-state index is -4.19. The fraction of sp³-hybridized carbons (Fsp3) is 0.634. The van der Waals surface area contributed by atoms with Gasteiger partial charge >= 0.3 is 0 Å². The molecule has 5 rings (SSSR count). The average molecular weight is 773 g/mol. The van der Waals surface area contributed by atoms with E-state index in [9.17, 15) is 17.7 Å². The second kappa shape index (κ2) is 20.9. The molecular formula is C41H61FN4O5S2. The summed E-state index contributed by atoms with van der Waals surface area (Å²) in [7, 11) is -5.46. The normalized spacial score (nSPS) is 17.1. The Labute approximate surface area is 319 Å². The van der Waals surface area contributed by atoms with E-state index in [1.165, 1.54) is 76.1 Å². The maximum Gasteiger partial charge on any atom is 0.210 e. The maximum absolute atomic E-state index is 15.4. The molecule has 0 amide bonds. The van der Waals surface area contributed by atoms with Crippen molar-refractivity contribution in [3.63, 3.8) is 0 Å². The maximum atomic E-state index is 15.4. The highest BCUT2D eigenvalue weighted by Gasteiger charge is 2.32. The van der Waals surface area contributed by atoms with Crippen LogP contribution in [0.4, 0.5) is 10.1 Å². The molecule has 2 fully saturated rings. The van der Waals surface area contributed by atoms with E-state index in [0.717, 1.165) is 64.3 Å². The molecule has 9 nitrogen and oxygen atoms in total. The van der Waals surface area contributed by atoms with Crippen LogP contribution in [0.1, 0.15) is 96.8 Å². The molecule has 3 heterocycles. The first-order valence-electron chi connectivity index (χ1n) is 20.0. The lowest BCUT2D eigenvalue weighted by atomic mass is 10.0. The number of hydrogen-bond acceptors (Lipinski definition) is 9. The summed E-state index contributed by atoms with van der Waals surface area (Å²) in [5, 5.41) is 9.94. The Morgan fingerprint density at radius 1 is 0.868 bits per heavy atom. The fourth-order valence-electron chi connectivity index (χ4n) is 7.81. The molecule has 12 heteroatoms. The van der Waals surface area contributed by atoms with Crippen molar-refractivity contribution in [1.29, 1.82) is 0 Å². The second-order valence-corrected chi connectivity index (χ2v) is 18.1. The Morgan fingerprint density at radius 2 is 1.51 bits per heavy atom. The molecule has 3 aromatic rings. The minimum Gasteiger partial charge on any atom is -0.491 e. The van der Waals surface area contributed by atoms with Crippen LogP contribution >= 0.6 is 0 Å². The molecule has 1 atom stereocenters. The number of fused-ring (bicyclic) bond motifs is 1. The highest BCUT2D eigenvalue weighted by Crippen LogP contribution is 2.39. The summed E-state index contributed by atoms with van der Waals surface area (Å²) in [4.78, 5) is 11.9. The smallest absolute Gasteiger partial charge is 0.210 e. The van der Waals surface area contributed by atoms with Gasteiger partial charge in [-0.1, -0.05) is 77.6 Å². The van der Waals surface area contributed by atoms with E-state index in [4.69, 9.17) is 4.74 Å². The van der Waals surface area contributed by atoms with Crippen molar-refractivity contribution in [1.82, 2.24) is 14.8 Å². The molecule has 0 saturated carbocycles. The number of benzene rings is 2. The zero-order valence-corrected chi connectivity index (χ0v) is 33.6. The summed E-state index contributed by atoms with van der Waals surface area (Å²) in [5.74, 6) is -0.651. The summed E-state index contributed by atoms with van der Waals surface area (Å²) in [5.41, 5.74) is 1.14. The van der Waals surface area contributed by atoms with E-state index in [1.807, 2.05) is 0 Å². The molecule has 1 N–H and O–H groups in total. The molecule has 2 saturated heterocycles. The first-order chi connectivity index (χ1) is 25.7. The molecule has 1 unspecified atom stereocenters. The zero-order valence-electron chi connectivity index (χ0n) is 31.9. The van der Waals surface area contributed by atoms with Crippen LogP contribution < -0.4 is 9.64 Å². The Bertz CT molecular complexity index is 1730. The lowest BCUT2D eigenvalue weighted by molar-refractivity contribution is 0.0747. The summed E-state index contributed by atoms with van der Waals surface area (Å²) >= 11 is 0. The second-order valence-electron chi connectivity index (χ2n) is 14.8. The third-order valence-electron chi connectivity index (χ3n) is 11.0. The van der Waals surface area contributed by atoms with Gasteiger partial charge in [0.2, 0.25) is 9.84 Å². The first-order valence-corrected chi connectivity index (χ1v) is 23.0. The third kappa shape index (κ3) is 11.4. The Kier molecular flexibility index (Phi) is 16.4. The van der Waals surface area contributed by atoms with Gasteiger partial charge in [-0.2, -0.15) is 0 Å². The van der Waals surface area contributed by atoms with Gasteiger partial charge in [0.05, 0.1) is 29.3 Å². The SMILES string of the molecule is CCCCCCCCCCCCCCOc1ccc(S(=O)(=O)c2cnc3ccc(S(C)=O)cc3c2N2CCC(N3CCN(CCO)CC3)CC2)cc1F. The van der Waals surface area contributed by atoms with Gasteiger partial charge in [-0.15, -0.1) is 0 Å². The number of sulfone groups is 1. The molecule has 0 spiro atoms. The quantitative estimate of drug-likeness (QED) is 0.110. The first kappa shape index (κ1) is 41.5. The molecule has 294 valence electrons. The largest absolute Gasteiger partial charge is 0.491 e. The summed E-state index contributed by atoms with van der Waals surface area (Å²) in [6.45, 7) is 8.51. The van der Waals surface area contributed by atoms with E-state index in [0.29, 0.717) is 53.8 Å². The number of aromatic nitrogens is 1. The fourth-order valence-corrected chi connectivity index (χ4v) is 9.80. The van der Waals surface area contributed by atoms with Crippen LogP contribution in [0.2, 0.25) is 0 Å². The van der Waals surface area contributed by atoms with E-state index in [2.05, 4.69) is 26.6 Å². The lowest BCUT2D eigenvalue weighted by Crippen LogP contribution is -2.53. The highest BCUT2D eigenvalue weighted by molar-refractivity contribution is 7.91. The molecular weight excluding hydrogens is 712 g/mol. The number of hydrogen-bond donors (Lipinski definition) is 1. The summed E-state index contributed by atoms with van der Waals surface area (Å²) in [6.07, 6.45) is 19.5. The van der Waals surface area contributed by atoms with E-state index < -0.39 is 26.5 Å². The zero-order chi connectivity index (χ0) is 37.6. The van der Waals surface area contributed by atoms with Crippen molar-refractivity contribution >= 4 is 37.2 Å². The van der Waals surface area contributed by atoms with Crippen molar-refractivity contribution in [2.45, 2.75) is 118 Å². The van der Waals surface area contributed by atoms with E-state index in [-0.39, 0.29) is 22.1 Å². The number of β-amino-alcohol motifs (C(OH)–C–C–N with tert-alkyl or cyclic N) is 1. The number of piperidine rings is 1. The number of ether oxygens (including phenoxy) is 1. The van der Waals surface area contributed by atoms with Crippen LogP contribution in [0, 0.1) is 5.82 Å². The van der Waals surface area contributed by atoms with Gasteiger partial charge in [0.25, 0.3) is 0 Å². The number of nitrogens with zero attached hydrogens (tertiary/aromatic N) is 4. The monoisotopic (exact) mass is 772 g/mol. The average Bonchev–Trinajstić information content (AvgIpc) is 3.17. The standard InChI is InChI=1S/C41H61FN4O5S2/c1-3-4-5-6-7-8-9-10-11-12-13-14-29-51-39-18-16-35(31-37(39)42)53(49,50)40-32-43-38-17-15-34(52(2)48)30-36(38)41(40)46-21-19-33(20-22-46)45-25-23-44(24-26-45)27-28-47/h15-18,30-33,47H,3-14,19-29H2,1-2H3. The van der Waals surface area contributed by atoms with Crippen LogP contribution in [0.5, 0.6) is 5.75 Å². The topological polar surface area (TPSA) is 103 Å². The summed E-state index contributed by atoms with van der Waals surface area (Å²) in [6, 6.07) is 9.61. The number of aliphatic hydroxyl groups excluding tert-OH is 1. The van der Waals surface area contributed by atoms with Crippen molar-refractivity contribution in [3.05, 3.63) is 48.4 Å². The molecule has 53 heavy (non-hydrogen) atoms. The number of unbranched alkanes of at least 4 members (excludes halogenated alkanes) is 11. The van der Waals surface area contributed by atoms with Crippen molar-refractivity contribution in [2.75, 3.05) is 70.2 Å². The third-order valence-corrected chi connectivity index (χ3v) is 13.7. The predicted octanol–water partition coefficient (Wildman–Crippen LogP) is 7.60. The van der Waals surface area contributed by atoms with Gasteiger partial charge < -0.3 is 14.7 Å². The Morgan fingerprint density at radius 3 is 2.11 bits per heavy atom. The van der Waals surface area contributed by atoms with Crippen molar-refractivity contribution in [3.8, 4) is 5.75 Å². The van der Waals surface area contributed by atoms with Crippen LogP contribution in [0.15, 0.2) is 57.3 Å². The van der Waals surface area contributed by atoms with Crippen molar-refractivity contribution < 1.29 is 26.9 Å². The van der Waals surface area contributed by atoms with Gasteiger partial charge in [0, 0.05) is 85.4 Å². The molecule has 0 bridgehead atoms. The number of aliphatic hydroxyl groups is 1. The number of piperazine rings is 1. The summed E-state index contributed by atoms with van der Waals surface area (Å²) < 4.78 is 62.4. The molecule has 0 aliphatic carbocycles. The molecule has 2 aromatic carbocycles. The lowest BCUT2D eigenvalue weighted by Gasteiger charge is -2.43. The molecule has 0 radical (unpaired) electrons. The van der Waals surface area contributed by atoms with Crippen LogP contribution in [0.3, 0.4) is 0 Å².